The molecule has 1 fully saturated rings. The molecule has 1 saturated heterocycles. The summed E-state index contributed by atoms with van der Waals surface area (Å²) in [7, 11) is 0. The van der Waals surface area contributed by atoms with Gasteiger partial charge in [-0.2, -0.15) is 0 Å². The van der Waals surface area contributed by atoms with E-state index in [9.17, 15) is 8.78 Å². The average molecular weight is 303 g/mol. The topological polar surface area (TPSA) is 15.3 Å². The Morgan fingerprint density at radius 3 is 2.80 bits per heavy atom. The molecule has 0 amide bonds. The normalized spacial score (nSPS) is 19.1. The van der Waals surface area contributed by atoms with Crippen LogP contribution in [0.4, 0.5) is 14.5 Å². The lowest BCUT2D eigenvalue weighted by atomic mass is 10.1. The average Bonchev–Trinajstić information content (AvgIpc) is 2.75. The summed E-state index contributed by atoms with van der Waals surface area (Å²) in [6.45, 7) is 7.77. The molecule has 2 nitrogen and oxygen atoms in total. The number of anilines is 1. The molecule has 1 N–H and O–H groups in total. The van der Waals surface area contributed by atoms with E-state index in [0.717, 1.165) is 38.7 Å². The van der Waals surface area contributed by atoms with Crippen LogP contribution in [0.3, 0.4) is 0 Å². The Labute approximate surface area is 124 Å². The first-order chi connectivity index (χ1) is 9.47. The molecule has 0 aromatic heterocycles. The van der Waals surface area contributed by atoms with Crippen molar-refractivity contribution >= 4 is 17.3 Å². The van der Waals surface area contributed by atoms with Crippen molar-refractivity contribution in [2.24, 2.45) is 11.8 Å². The molecule has 112 valence electrons. The van der Waals surface area contributed by atoms with Gasteiger partial charge in [-0.1, -0.05) is 25.4 Å². The fourth-order valence-electron chi connectivity index (χ4n) is 2.62. The molecule has 1 heterocycles. The van der Waals surface area contributed by atoms with Crippen molar-refractivity contribution < 1.29 is 8.78 Å². The number of halogens is 3. The van der Waals surface area contributed by atoms with Gasteiger partial charge in [-0.25, -0.2) is 8.78 Å². The van der Waals surface area contributed by atoms with Gasteiger partial charge in [-0.05, 0) is 37.4 Å². The molecule has 5 heteroatoms. The molecule has 1 aliphatic heterocycles. The molecule has 0 radical (unpaired) electrons. The van der Waals surface area contributed by atoms with E-state index < -0.39 is 11.6 Å². The first kappa shape index (κ1) is 15.5. The second kappa shape index (κ2) is 6.72. The van der Waals surface area contributed by atoms with E-state index in [2.05, 4.69) is 19.2 Å². The molecule has 0 bridgehead atoms. The van der Waals surface area contributed by atoms with E-state index in [1.165, 1.54) is 6.07 Å². The van der Waals surface area contributed by atoms with Gasteiger partial charge in [0.05, 0.1) is 10.7 Å². The minimum atomic E-state index is -0.634. The fourth-order valence-corrected chi connectivity index (χ4v) is 2.93. The SMILES string of the molecule is CC(C)CNCC1CCN(c2c(F)cc(F)cc2Cl)C1. The Hall–Kier alpha value is -0.870. The molecule has 1 unspecified atom stereocenters. The van der Waals surface area contributed by atoms with Crippen molar-refractivity contribution in [2.75, 3.05) is 31.1 Å². The lowest BCUT2D eigenvalue weighted by Gasteiger charge is -2.21. The van der Waals surface area contributed by atoms with Crippen molar-refractivity contribution in [1.29, 1.82) is 0 Å². The van der Waals surface area contributed by atoms with Crippen LogP contribution in [0.5, 0.6) is 0 Å². The minimum Gasteiger partial charge on any atom is -0.368 e. The predicted molar refractivity (Wildman–Crippen MR) is 79.4 cm³/mol. The van der Waals surface area contributed by atoms with Crippen molar-refractivity contribution in [3.05, 3.63) is 28.8 Å². The smallest absolute Gasteiger partial charge is 0.150 e. The van der Waals surface area contributed by atoms with Crippen LogP contribution in [0.25, 0.3) is 0 Å². The van der Waals surface area contributed by atoms with Crippen LogP contribution in [0.1, 0.15) is 20.3 Å². The predicted octanol–water partition coefficient (Wildman–Crippen LogP) is 3.69. The van der Waals surface area contributed by atoms with Crippen molar-refractivity contribution in [3.8, 4) is 0 Å². The fraction of sp³-hybridized carbons (Fsp3) is 0.600. The van der Waals surface area contributed by atoms with Gasteiger partial charge in [-0.15, -0.1) is 0 Å². The summed E-state index contributed by atoms with van der Waals surface area (Å²) in [6, 6.07) is 2.07. The first-order valence-electron chi connectivity index (χ1n) is 7.07. The summed E-state index contributed by atoms with van der Waals surface area (Å²) in [5.41, 5.74) is 0.333. The highest BCUT2D eigenvalue weighted by Gasteiger charge is 2.26. The van der Waals surface area contributed by atoms with Gasteiger partial charge in [0.15, 0.2) is 5.82 Å². The van der Waals surface area contributed by atoms with Crippen LogP contribution in [0.15, 0.2) is 12.1 Å². The third-order valence-corrected chi connectivity index (χ3v) is 3.86. The maximum absolute atomic E-state index is 13.9. The van der Waals surface area contributed by atoms with Gasteiger partial charge < -0.3 is 10.2 Å². The highest BCUT2D eigenvalue weighted by molar-refractivity contribution is 6.33. The molecule has 1 aromatic rings. The summed E-state index contributed by atoms with van der Waals surface area (Å²) >= 11 is 5.97. The van der Waals surface area contributed by atoms with Gasteiger partial charge in [0.25, 0.3) is 0 Å². The molecule has 1 aromatic carbocycles. The third-order valence-electron chi connectivity index (χ3n) is 3.57. The van der Waals surface area contributed by atoms with Crippen molar-refractivity contribution in [3.63, 3.8) is 0 Å². The monoisotopic (exact) mass is 302 g/mol. The molecule has 20 heavy (non-hydrogen) atoms. The van der Waals surface area contributed by atoms with Crippen LogP contribution in [0.2, 0.25) is 5.02 Å². The number of benzene rings is 1. The van der Waals surface area contributed by atoms with Crippen LogP contribution >= 0.6 is 11.6 Å². The van der Waals surface area contributed by atoms with E-state index in [4.69, 9.17) is 11.6 Å². The van der Waals surface area contributed by atoms with Crippen LogP contribution in [0, 0.1) is 23.5 Å². The highest BCUT2D eigenvalue weighted by Crippen LogP contribution is 2.33. The Balaban J connectivity index is 1.96. The lowest BCUT2D eigenvalue weighted by Crippen LogP contribution is -2.29. The van der Waals surface area contributed by atoms with Crippen LogP contribution in [-0.2, 0) is 0 Å². The second-order valence-electron chi connectivity index (χ2n) is 5.87. The molecule has 0 aliphatic carbocycles. The maximum Gasteiger partial charge on any atom is 0.150 e. The zero-order valence-corrected chi connectivity index (χ0v) is 12.7. The van der Waals surface area contributed by atoms with Gasteiger partial charge >= 0.3 is 0 Å². The molecule has 2 rings (SSSR count). The Kier molecular flexibility index (Phi) is 5.22. The Morgan fingerprint density at radius 1 is 1.40 bits per heavy atom. The second-order valence-corrected chi connectivity index (χ2v) is 6.28. The van der Waals surface area contributed by atoms with E-state index in [1.807, 2.05) is 4.90 Å². The van der Waals surface area contributed by atoms with E-state index >= 15 is 0 Å². The third kappa shape index (κ3) is 3.83. The number of nitrogens with zero attached hydrogens (tertiary/aromatic N) is 1. The van der Waals surface area contributed by atoms with Gasteiger partial charge in [0.1, 0.15) is 5.82 Å². The van der Waals surface area contributed by atoms with Crippen molar-refractivity contribution in [2.45, 2.75) is 20.3 Å². The molecule has 0 spiro atoms. The van der Waals surface area contributed by atoms with Gasteiger partial charge in [0.2, 0.25) is 0 Å². The van der Waals surface area contributed by atoms with E-state index in [-0.39, 0.29) is 5.02 Å². The zero-order valence-electron chi connectivity index (χ0n) is 11.9. The first-order valence-corrected chi connectivity index (χ1v) is 7.45. The summed E-state index contributed by atoms with van der Waals surface area (Å²) in [5.74, 6) is -0.109. The van der Waals surface area contributed by atoms with Crippen LogP contribution < -0.4 is 10.2 Å². The van der Waals surface area contributed by atoms with Crippen LogP contribution in [-0.4, -0.2) is 26.2 Å². The van der Waals surface area contributed by atoms with E-state index in [1.54, 1.807) is 0 Å². The summed E-state index contributed by atoms with van der Waals surface area (Å²) < 4.78 is 26.9. The minimum absolute atomic E-state index is 0.151. The lowest BCUT2D eigenvalue weighted by molar-refractivity contribution is 0.477. The number of nitrogens with one attached hydrogen (secondary N) is 1. The maximum atomic E-state index is 13.9. The van der Waals surface area contributed by atoms with Gasteiger partial charge in [-0.3, -0.25) is 0 Å². The van der Waals surface area contributed by atoms with Gasteiger partial charge in [0, 0.05) is 19.2 Å². The summed E-state index contributed by atoms with van der Waals surface area (Å²) in [4.78, 5) is 1.92. The zero-order chi connectivity index (χ0) is 14.7. The Bertz CT molecular complexity index is 442. The largest absolute Gasteiger partial charge is 0.368 e. The molecule has 1 atom stereocenters. The van der Waals surface area contributed by atoms with E-state index in [0.29, 0.717) is 17.5 Å². The molecular weight excluding hydrogens is 282 g/mol. The standard InChI is InChI=1S/C15H21ClF2N2/c1-10(2)7-19-8-11-3-4-20(9-11)15-13(16)5-12(17)6-14(15)18/h5-6,10-11,19H,3-4,7-9H2,1-2H3. The number of hydrogen-bond donors (Lipinski definition) is 1. The quantitative estimate of drug-likeness (QED) is 0.892. The summed E-state index contributed by atoms with van der Waals surface area (Å²) in [6.07, 6.45) is 0.998. The molecular formula is C15H21ClF2N2. The highest BCUT2D eigenvalue weighted by atomic mass is 35.5. The Morgan fingerprint density at radius 2 is 2.15 bits per heavy atom. The molecule has 0 saturated carbocycles. The van der Waals surface area contributed by atoms with Crippen molar-refractivity contribution in [1.82, 2.24) is 5.32 Å². The number of hydrogen-bond acceptors (Lipinski definition) is 2. The summed E-state index contributed by atoms with van der Waals surface area (Å²) in [5, 5.41) is 3.57. The molecule has 1 aliphatic rings. The number of rotatable bonds is 5.